The molecule has 0 spiro atoms. The summed E-state index contributed by atoms with van der Waals surface area (Å²) in [5.41, 5.74) is 2.22. The van der Waals surface area contributed by atoms with Crippen LogP contribution in [0.1, 0.15) is 16.7 Å². The minimum absolute atomic E-state index is 0.00534. The summed E-state index contributed by atoms with van der Waals surface area (Å²) in [6, 6.07) is 16.1. The van der Waals surface area contributed by atoms with E-state index in [0.29, 0.717) is 46.8 Å². The number of amides is 2. The third-order valence-electron chi connectivity index (χ3n) is 4.87. The number of carbonyl (C=O) groups excluding carboxylic acids is 2. The van der Waals surface area contributed by atoms with E-state index < -0.39 is 5.91 Å². The Morgan fingerprint density at radius 1 is 0.941 bits per heavy atom. The topological polar surface area (TPSA) is 46.6 Å². The summed E-state index contributed by atoms with van der Waals surface area (Å²) in [6.45, 7) is 0.364. The lowest BCUT2D eigenvalue weighted by molar-refractivity contribution is -0.123. The Morgan fingerprint density at radius 2 is 1.56 bits per heavy atom. The Morgan fingerprint density at radius 3 is 2.18 bits per heavy atom. The molecule has 1 heterocycles. The number of thioether (sulfide) groups is 1. The maximum absolute atomic E-state index is 12.9. The van der Waals surface area contributed by atoms with Crippen molar-refractivity contribution in [1.29, 1.82) is 0 Å². The molecule has 1 aliphatic rings. The van der Waals surface area contributed by atoms with Crippen molar-refractivity contribution in [2.75, 3.05) is 0 Å². The second kappa shape index (κ2) is 11.1. The van der Waals surface area contributed by atoms with Crippen molar-refractivity contribution in [3.63, 3.8) is 0 Å². The number of benzene rings is 3. The number of imide groups is 1. The fourth-order valence-electron chi connectivity index (χ4n) is 3.17. The zero-order valence-corrected chi connectivity index (χ0v) is 23.4. The number of ether oxygens (including phenoxy) is 1. The normalized spacial score (nSPS) is 14.9. The van der Waals surface area contributed by atoms with Gasteiger partial charge in [-0.05, 0) is 97.2 Å². The molecule has 0 atom stereocenters. The molecule has 174 valence electrons. The molecule has 0 aromatic heterocycles. The summed E-state index contributed by atoms with van der Waals surface area (Å²) < 4.78 is 7.34. The van der Waals surface area contributed by atoms with Crippen LogP contribution in [-0.2, 0) is 17.9 Å². The van der Waals surface area contributed by atoms with Gasteiger partial charge in [0.05, 0.1) is 20.4 Å². The highest BCUT2D eigenvalue weighted by Gasteiger charge is 2.35. The first-order chi connectivity index (χ1) is 16.2. The summed E-state index contributed by atoms with van der Waals surface area (Å²) in [4.78, 5) is 26.9. The molecule has 1 fully saturated rings. The number of carbonyl (C=O) groups is 2. The number of hydrogen-bond acceptors (Lipinski definition) is 4. The zero-order valence-electron chi connectivity index (χ0n) is 17.2. The fraction of sp³-hybridized carbons (Fsp3) is 0.0833. The van der Waals surface area contributed by atoms with Crippen LogP contribution in [0.25, 0.3) is 6.08 Å². The van der Waals surface area contributed by atoms with Crippen LogP contribution in [0.4, 0.5) is 4.79 Å². The minimum Gasteiger partial charge on any atom is -0.487 e. The molecule has 0 saturated carbocycles. The largest absolute Gasteiger partial charge is 0.487 e. The monoisotopic (exact) mass is 659 g/mol. The van der Waals surface area contributed by atoms with Crippen LogP contribution < -0.4 is 4.74 Å². The molecule has 4 rings (SSSR count). The first kappa shape index (κ1) is 25.6. The van der Waals surface area contributed by atoms with Crippen LogP contribution in [0, 0.1) is 0 Å². The highest BCUT2D eigenvalue weighted by atomic mass is 79.9. The van der Waals surface area contributed by atoms with Gasteiger partial charge in [0, 0.05) is 20.6 Å². The first-order valence-electron chi connectivity index (χ1n) is 9.77. The molecule has 0 bridgehead atoms. The Labute approximate surface area is 232 Å². The quantitative estimate of drug-likeness (QED) is 0.247. The molecule has 2 amide bonds. The SMILES string of the molecule is O=C1S/C(=C/c2cc(Br)c(OCc3ccc(Cl)cc3)c(Br)c2)C(=O)N1Cc1c(Cl)cccc1Cl. The molecular weight excluding hydrogens is 649 g/mol. The average molecular weight is 663 g/mol. The number of halogens is 5. The summed E-state index contributed by atoms with van der Waals surface area (Å²) in [5.74, 6) is 0.217. The summed E-state index contributed by atoms with van der Waals surface area (Å²) in [7, 11) is 0. The average Bonchev–Trinajstić information content (AvgIpc) is 3.04. The molecule has 0 aliphatic carbocycles. The van der Waals surface area contributed by atoms with Gasteiger partial charge in [0.25, 0.3) is 11.1 Å². The van der Waals surface area contributed by atoms with E-state index in [0.717, 1.165) is 27.8 Å². The highest BCUT2D eigenvalue weighted by Crippen LogP contribution is 2.39. The molecule has 1 aliphatic heterocycles. The van der Waals surface area contributed by atoms with Gasteiger partial charge in [-0.15, -0.1) is 0 Å². The van der Waals surface area contributed by atoms with Gasteiger partial charge in [-0.25, -0.2) is 0 Å². The lowest BCUT2D eigenvalue weighted by Gasteiger charge is -2.14. The standard InChI is InChI=1S/C24H14Br2Cl3NO3S/c25-17-8-14(9-18(26)22(17)33-12-13-4-6-15(27)7-5-13)10-21-23(31)30(24(32)34-21)11-16-19(28)2-1-3-20(16)29/h1-10H,11-12H2/b21-10+. The molecule has 34 heavy (non-hydrogen) atoms. The van der Waals surface area contributed by atoms with E-state index in [9.17, 15) is 9.59 Å². The number of nitrogens with zero attached hydrogens (tertiary/aromatic N) is 1. The van der Waals surface area contributed by atoms with Gasteiger partial charge in [-0.3, -0.25) is 14.5 Å². The van der Waals surface area contributed by atoms with Crippen molar-refractivity contribution in [1.82, 2.24) is 4.90 Å². The summed E-state index contributed by atoms with van der Waals surface area (Å²) in [5, 5.41) is 1.08. The molecule has 3 aromatic carbocycles. The van der Waals surface area contributed by atoms with Gasteiger partial charge in [0.15, 0.2) is 0 Å². The van der Waals surface area contributed by atoms with Gasteiger partial charge >= 0.3 is 0 Å². The third-order valence-corrected chi connectivity index (χ3v) is 7.91. The Kier molecular flexibility index (Phi) is 8.33. The first-order valence-corrected chi connectivity index (χ1v) is 13.3. The van der Waals surface area contributed by atoms with Crippen LogP contribution in [0.5, 0.6) is 5.75 Å². The van der Waals surface area contributed by atoms with E-state index in [1.807, 2.05) is 24.3 Å². The minimum atomic E-state index is -0.402. The Balaban J connectivity index is 1.51. The van der Waals surface area contributed by atoms with Crippen molar-refractivity contribution < 1.29 is 14.3 Å². The predicted octanol–water partition coefficient (Wildman–Crippen LogP) is 8.99. The van der Waals surface area contributed by atoms with Crippen LogP contribution >= 0.6 is 78.4 Å². The molecule has 0 unspecified atom stereocenters. The second-order valence-electron chi connectivity index (χ2n) is 7.20. The van der Waals surface area contributed by atoms with Gasteiger partial charge in [0.1, 0.15) is 12.4 Å². The summed E-state index contributed by atoms with van der Waals surface area (Å²) >= 11 is 26.3. The molecular formula is C24H14Br2Cl3NO3S. The van der Waals surface area contributed by atoms with E-state index in [4.69, 9.17) is 39.5 Å². The number of rotatable bonds is 6. The lowest BCUT2D eigenvalue weighted by atomic mass is 10.2. The summed E-state index contributed by atoms with van der Waals surface area (Å²) in [6.07, 6.45) is 1.66. The fourth-order valence-corrected chi connectivity index (χ4v) is 6.10. The van der Waals surface area contributed by atoms with Crippen molar-refractivity contribution in [2.24, 2.45) is 0 Å². The third kappa shape index (κ3) is 5.83. The van der Waals surface area contributed by atoms with Crippen LogP contribution in [0.15, 0.2) is 68.4 Å². The lowest BCUT2D eigenvalue weighted by Crippen LogP contribution is -2.27. The van der Waals surface area contributed by atoms with Crippen molar-refractivity contribution >= 4 is 95.6 Å². The van der Waals surface area contributed by atoms with Gasteiger partial charge in [-0.1, -0.05) is 53.0 Å². The van der Waals surface area contributed by atoms with Crippen molar-refractivity contribution in [3.05, 3.63) is 100 Å². The molecule has 4 nitrogen and oxygen atoms in total. The van der Waals surface area contributed by atoms with Gasteiger partial charge in [0.2, 0.25) is 0 Å². The predicted molar refractivity (Wildman–Crippen MR) is 146 cm³/mol. The van der Waals surface area contributed by atoms with E-state index in [2.05, 4.69) is 31.9 Å². The molecule has 10 heteroatoms. The van der Waals surface area contributed by atoms with Crippen molar-refractivity contribution in [2.45, 2.75) is 13.2 Å². The van der Waals surface area contributed by atoms with Gasteiger partial charge in [-0.2, -0.15) is 0 Å². The van der Waals surface area contributed by atoms with Crippen LogP contribution in [0.2, 0.25) is 15.1 Å². The van der Waals surface area contributed by atoms with E-state index in [-0.39, 0.29) is 11.8 Å². The van der Waals surface area contributed by atoms with Crippen LogP contribution in [0.3, 0.4) is 0 Å². The molecule has 1 saturated heterocycles. The second-order valence-corrected chi connectivity index (χ2v) is 11.1. The van der Waals surface area contributed by atoms with Crippen LogP contribution in [-0.4, -0.2) is 16.0 Å². The maximum Gasteiger partial charge on any atom is 0.293 e. The smallest absolute Gasteiger partial charge is 0.293 e. The molecule has 3 aromatic rings. The number of hydrogen-bond donors (Lipinski definition) is 0. The van der Waals surface area contributed by atoms with E-state index in [1.165, 1.54) is 0 Å². The molecule has 0 N–H and O–H groups in total. The Bertz CT molecular complexity index is 1270. The van der Waals surface area contributed by atoms with Gasteiger partial charge < -0.3 is 4.74 Å². The zero-order chi connectivity index (χ0) is 24.4. The van der Waals surface area contributed by atoms with Crippen molar-refractivity contribution in [3.8, 4) is 5.75 Å². The molecule has 0 radical (unpaired) electrons. The highest BCUT2D eigenvalue weighted by molar-refractivity contribution is 9.11. The van der Waals surface area contributed by atoms with E-state index in [1.54, 1.807) is 36.4 Å². The maximum atomic E-state index is 12.9. The van der Waals surface area contributed by atoms with E-state index >= 15 is 0 Å². The Hall–Kier alpha value is -1.48.